The summed E-state index contributed by atoms with van der Waals surface area (Å²) in [6, 6.07) is 0. The predicted octanol–water partition coefficient (Wildman–Crippen LogP) is 25.7. The van der Waals surface area contributed by atoms with E-state index in [1.165, 1.54) is 315 Å². The molecule has 0 saturated heterocycles. The van der Waals surface area contributed by atoms with Crippen LogP contribution in [0.1, 0.15) is 425 Å². The van der Waals surface area contributed by atoms with Crippen LogP contribution in [-0.4, -0.2) is 37.2 Å². The lowest BCUT2D eigenvalue weighted by molar-refractivity contribution is -0.167. The molecule has 0 rings (SSSR count). The molecule has 0 aliphatic carbocycles. The Morgan fingerprint density at radius 3 is 0.671 bits per heavy atom. The molecule has 0 aromatic rings. The largest absolute Gasteiger partial charge is 0.462 e. The molecule has 0 amide bonds. The van der Waals surface area contributed by atoms with E-state index in [1.807, 2.05) is 0 Å². The molecule has 82 heavy (non-hydrogen) atoms. The summed E-state index contributed by atoms with van der Waals surface area (Å²) in [5.41, 5.74) is 0. The van der Waals surface area contributed by atoms with Crippen molar-refractivity contribution in [2.45, 2.75) is 431 Å². The number of allylic oxidation sites excluding steroid dienone is 4. The predicted molar refractivity (Wildman–Crippen MR) is 358 cm³/mol. The lowest BCUT2D eigenvalue weighted by Gasteiger charge is -2.18. The topological polar surface area (TPSA) is 78.9 Å². The fourth-order valence-corrected chi connectivity index (χ4v) is 11.6. The second-order valence-corrected chi connectivity index (χ2v) is 25.6. The highest BCUT2D eigenvalue weighted by Crippen LogP contribution is 2.19. The van der Waals surface area contributed by atoms with Crippen LogP contribution in [0.5, 0.6) is 0 Å². The van der Waals surface area contributed by atoms with E-state index in [4.69, 9.17) is 14.2 Å². The summed E-state index contributed by atoms with van der Waals surface area (Å²) >= 11 is 0. The number of ether oxygens (including phenoxy) is 3. The number of hydrogen-bond donors (Lipinski definition) is 0. The van der Waals surface area contributed by atoms with Crippen molar-refractivity contribution < 1.29 is 28.6 Å². The fraction of sp³-hybridized carbons (Fsp3) is 0.908. The van der Waals surface area contributed by atoms with Crippen LogP contribution < -0.4 is 0 Å². The smallest absolute Gasteiger partial charge is 0.306 e. The molecule has 0 spiro atoms. The summed E-state index contributed by atoms with van der Waals surface area (Å²) in [4.78, 5) is 38.1. The molecule has 0 aliphatic heterocycles. The van der Waals surface area contributed by atoms with Gasteiger partial charge in [0.25, 0.3) is 0 Å². The van der Waals surface area contributed by atoms with E-state index in [0.717, 1.165) is 70.6 Å². The van der Waals surface area contributed by atoms with Crippen LogP contribution >= 0.6 is 0 Å². The maximum absolute atomic E-state index is 12.9. The van der Waals surface area contributed by atoms with Gasteiger partial charge in [-0.05, 0) is 51.4 Å². The summed E-state index contributed by atoms with van der Waals surface area (Å²) in [5.74, 6) is -0.847. The Hall–Kier alpha value is -2.11. The van der Waals surface area contributed by atoms with Crippen LogP contribution in [0.4, 0.5) is 0 Å². The third kappa shape index (κ3) is 68.7. The van der Waals surface area contributed by atoms with Gasteiger partial charge >= 0.3 is 17.9 Å². The monoisotopic (exact) mass is 1150 g/mol. The molecule has 0 aliphatic rings. The molecule has 0 fully saturated rings. The molecule has 0 saturated carbocycles. The highest BCUT2D eigenvalue weighted by Gasteiger charge is 2.19. The highest BCUT2D eigenvalue weighted by atomic mass is 16.6. The lowest BCUT2D eigenvalue weighted by atomic mass is 10.0. The minimum absolute atomic E-state index is 0.0644. The third-order valence-corrected chi connectivity index (χ3v) is 17.2. The number of hydrogen-bond acceptors (Lipinski definition) is 6. The fourth-order valence-electron chi connectivity index (χ4n) is 11.6. The van der Waals surface area contributed by atoms with Gasteiger partial charge in [0.15, 0.2) is 6.10 Å². The second-order valence-electron chi connectivity index (χ2n) is 25.6. The van der Waals surface area contributed by atoms with Crippen molar-refractivity contribution in [1.29, 1.82) is 0 Å². The molecular weight excluding hydrogens is 1010 g/mol. The Morgan fingerprint density at radius 2 is 0.439 bits per heavy atom. The normalized spacial score (nSPS) is 12.1. The Balaban J connectivity index is 3.87. The second kappa shape index (κ2) is 71.4. The number of rotatable bonds is 70. The Morgan fingerprint density at radius 1 is 0.244 bits per heavy atom. The van der Waals surface area contributed by atoms with Crippen LogP contribution in [0.15, 0.2) is 24.3 Å². The first-order chi connectivity index (χ1) is 40.5. The van der Waals surface area contributed by atoms with Gasteiger partial charge in [0.1, 0.15) is 13.2 Å². The average molecular weight is 1150 g/mol. The minimum Gasteiger partial charge on any atom is -0.462 e. The molecular formula is C76H144O6. The number of unbranched alkanes of at least 4 members (excludes halogenated alkanes) is 55. The van der Waals surface area contributed by atoms with E-state index >= 15 is 0 Å². The highest BCUT2D eigenvalue weighted by molar-refractivity contribution is 5.71. The number of carbonyl (C=O) groups is 3. The molecule has 1 unspecified atom stereocenters. The van der Waals surface area contributed by atoms with Gasteiger partial charge in [-0.1, -0.05) is 379 Å². The van der Waals surface area contributed by atoms with Gasteiger partial charge in [0, 0.05) is 19.3 Å². The van der Waals surface area contributed by atoms with Gasteiger partial charge < -0.3 is 14.2 Å². The van der Waals surface area contributed by atoms with Gasteiger partial charge in [-0.25, -0.2) is 0 Å². The number of esters is 3. The standard InChI is InChI=1S/C76H144O6/c1-4-7-10-13-15-17-19-21-23-25-27-29-31-33-35-36-37-38-39-40-41-43-44-46-48-50-52-54-56-58-60-63-66-69-75(78)81-72-73(71-80-74(77)68-65-62-12-9-6-3)82-76(79)70-67-64-61-59-57-55-53-51-49-47-45-42-34-32-30-28-26-24-22-20-18-16-14-11-8-5-2/h19,21,25,27,73H,4-18,20,22-24,26,28-72H2,1-3H3/b21-19-,27-25-. The average Bonchev–Trinajstić information content (AvgIpc) is 3.47. The Labute approximate surface area is 513 Å². The molecule has 0 aromatic carbocycles. The minimum atomic E-state index is -0.764. The summed E-state index contributed by atoms with van der Waals surface area (Å²) < 4.78 is 16.8. The summed E-state index contributed by atoms with van der Waals surface area (Å²) in [5, 5.41) is 0. The summed E-state index contributed by atoms with van der Waals surface area (Å²) in [7, 11) is 0. The van der Waals surface area contributed by atoms with Crippen LogP contribution in [0, 0.1) is 0 Å². The molecule has 1 atom stereocenters. The molecule has 0 bridgehead atoms. The first-order valence-corrected chi connectivity index (χ1v) is 37.3. The van der Waals surface area contributed by atoms with Crippen LogP contribution in [0.2, 0.25) is 0 Å². The van der Waals surface area contributed by atoms with Crippen molar-refractivity contribution in [2.24, 2.45) is 0 Å². The van der Waals surface area contributed by atoms with E-state index in [2.05, 4.69) is 45.1 Å². The van der Waals surface area contributed by atoms with Crippen LogP contribution in [0.25, 0.3) is 0 Å². The van der Waals surface area contributed by atoms with E-state index < -0.39 is 6.10 Å². The van der Waals surface area contributed by atoms with Crippen molar-refractivity contribution in [3.05, 3.63) is 24.3 Å². The van der Waals surface area contributed by atoms with E-state index in [1.54, 1.807) is 0 Å². The van der Waals surface area contributed by atoms with Gasteiger partial charge in [0.05, 0.1) is 0 Å². The van der Waals surface area contributed by atoms with Crippen molar-refractivity contribution in [3.63, 3.8) is 0 Å². The molecule has 0 N–H and O–H groups in total. The van der Waals surface area contributed by atoms with E-state index in [9.17, 15) is 14.4 Å². The summed E-state index contributed by atoms with van der Waals surface area (Å²) in [6.45, 7) is 6.63. The zero-order chi connectivity index (χ0) is 59.2. The molecule has 6 heteroatoms. The van der Waals surface area contributed by atoms with Crippen molar-refractivity contribution in [3.8, 4) is 0 Å². The van der Waals surface area contributed by atoms with Gasteiger partial charge in [-0.15, -0.1) is 0 Å². The van der Waals surface area contributed by atoms with Crippen molar-refractivity contribution in [1.82, 2.24) is 0 Å². The third-order valence-electron chi connectivity index (χ3n) is 17.2. The maximum atomic E-state index is 12.9. The van der Waals surface area contributed by atoms with Crippen LogP contribution in [0.3, 0.4) is 0 Å². The lowest BCUT2D eigenvalue weighted by Crippen LogP contribution is -2.30. The molecule has 484 valence electrons. The van der Waals surface area contributed by atoms with Gasteiger partial charge in [0.2, 0.25) is 0 Å². The molecule has 0 aromatic heterocycles. The Bertz CT molecular complexity index is 1320. The van der Waals surface area contributed by atoms with E-state index in [0.29, 0.717) is 19.3 Å². The van der Waals surface area contributed by atoms with E-state index in [-0.39, 0.29) is 31.1 Å². The van der Waals surface area contributed by atoms with Gasteiger partial charge in [-0.2, -0.15) is 0 Å². The quantitative estimate of drug-likeness (QED) is 0.0261. The maximum Gasteiger partial charge on any atom is 0.306 e. The zero-order valence-electron chi connectivity index (χ0n) is 55.8. The molecule has 0 heterocycles. The number of carbonyl (C=O) groups excluding carboxylic acids is 3. The van der Waals surface area contributed by atoms with Gasteiger partial charge in [-0.3, -0.25) is 14.4 Å². The van der Waals surface area contributed by atoms with Crippen molar-refractivity contribution in [2.75, 3.05) is 13.2 Å². The van der Waals surface area contributed by atoms with Crippen molar-refractivity contribution >= 4 is 17.9 Å². The zero-order valence-corrected chi connectivity index (χ0v) is 55.8. The molecule has 6 nitrogen and oxygen atoms in total. The SMILES string of the molecule is CCCCCCC/C=C\C/C=C\CCCCCCCCCCCCCCCCCCCCCCCC(=O)OCC(COC(=O)CCCCCCC)OC(=O)CCCCCCCCCCCCCCCCCCCCCCCCCCCC. The Kier molecular flexibility index (Phi) is 69.5. The first-order valence-electron chi connectivity index (χ1n) is 37.3. The van der Waals surface area contributed by atoms with Crippen LogP contribution in [-0.2, 0) is 28.6 Å². The molecule has 0 radical (unpaired) electrons. The first kappa shape index (κ1) is 79.9. The summed E-state index contributed by atoms with van der Waals surface area (Å²) in [6.07, 6.45) is 88.6.